The summed E-state index contributed by atoms with van der Waals surface area (Å²) in [4.78, 5) is 20.5. The molecule has 0 bridgehead atoms. The monoisotopic (exact) mass is 458 g/mol. The van der Waals surface area contributed by atoms with Crippen molar-refractivity contribution in [3.63, 3.8) is 0 Å². The van der Waals surface area contributed by atoms with Gasteiger partial charge >= 0.3 is 6.03 Å². The largest absolute Gasteiger partial charge is 0.454 e. The van der Waals surface area contributed by atoms with E-state index < -0.39 is 6.04 Å². The molecule has 0 fully saturated rings. The van der Waals surface area contributed by atoms with E-state index in [1.165, 1.54) is 11.3 Å². The number of aromatic nitrogens is 2. The lowest BCUT2D eigenvalue weighted by molar-refractivity contribution is 0.174. The first-order valence-electron chi connectivity index (χ1n) is 10.3. The summed E-state index contributed by atoms with van der Waals surface area (Å²) in [6, 6.07) is 18.3. The molecule has 0 radical (unpaired) electrons. The van der Waals surface area contributed by atoms with Crippen LogP contribution in [0.1, 0.15) is 24.4 Å². The van der Waals surface area contributed by atoms with E-state index in [-0.39, 0.29) is 12.8 Å². The molecule has 0 saturated heterocycles. The Labute approximate surface area is 193 Å². The first-order chi connectivity index (χ1) is 16.2. The van der Waals surface area contributed by atoms with Gasteiger partial charge in [0.15, 0.2) is 11.5 Å². The van der Waals surface area contributed by atoms with Gasteiger partial charge in [0.25, 0.3) is 5.89 Å². The molecule has 1 N–H and O–H groups in total. The average Bonchev–Trinajstić information content (AvgIpc) is 3.60. The second-order valence-electron chi connectivity index (χ2n) is 7.57. The second kappa shape index (κ2) is 7.79. The smallest absolute Gasteiger partial charge is 0.327 e. The van der Waals surface area contributed by atoms with Crippen LogP contribution in [-0.4, -0.2) is 23.0 Å². The number of carbonyl (C=O) groups excluding carboxylic acids is 1. The molecule has 2 aliphatic rings. The van der Waals surface area contributed by atoms with E-state index in [0.717, 1.165) is 16.0 Å². The van der Waals surface area contributed by atoms with Crippen LogP contribution in [0.15, 0.2) is 76.3 Å². The minimum absolute atomic E-state index is 0.161. The minimum Gasteiger partial charge on any atom is -0.454 e. The molecule has 0 aliphatic carbocycles. The Bertz CT molecular complexity index is 1360. The zero-order valence-corrected chi connectivity index (χ0v) is 18.3. The van der Waals surface area contributed by atoms with Crippen molar-refractivity contribution in [1.82, 2.24) is 15.5 Å². The summed E-state index contributed by atoms with van der Waals surface area (Å²) >= 11 is 1.54. The number of nitrogens with one attached hydrogen (secondary N) is 1. The Hall–Kier alpha value is -4.11. The maximum Gasteiger partial charge on any atom is 0.327 e. The van der Waals surface area contributed by atoms with Gasteiger partial charge in [0.2, 0.25) is 12.6 Å². The Morgan fingerprint density at radius 2 is 1.91 bits per heavy atom. The maximum absolute atomic E-state index is 13.3. The Morgan fingerprint density at radius 3 is 2.73 bits per heavy atom. The fourth-order valence-corrected chi connectivity index (χ4v) is 4.74. The summed E-state index contributed by atoms with van der Waals surface area (Å²) in [6.45, 7) is 2.04. The first kappa shape index (κ1) is 19.6. The van der Waals surface area contributed by atoms with E-state index in [4.69, 9.17) is 14.0 Å². The predicted octanol–water partition coefficient (Wildman–Crippen LogP) is 5.23. The molecule has 1 atom stereocenters. The molecule has 2 aromatic carbocycles. The van der Waals surface area contributed by atoms with Crippen LogP contribution in [0.2, 0.25) is 0 Å². The number of anilines is 1. The number of hydrogen-bond donors (Lipinski definition) is 1. The summed E-state index contributed by atoms with van der Waals surface area (Å²) in [7, 11) is 0. The van der Waals surface area contributed by atoms with Crippen molar-refractivity contribution in [3.05, 3.63) is 83.2 Å². The lowest BCUT2D eigenvalue weighted by Crippen LogP contribution is -2.46. The first-order valence-corrected chi connectivity index (χ1v) is 11.2. The lowest BCUT2D eigenvalue weighted by Gasteiger charge is -2.35. The van der Waals surface area contributed by atoms with Crippen LogP contribution in [0.4, 0.5) is 10.5 Å². The quantitative estimate of drug-likeness (QED) is 0.450. The zero-order valence-electron chi connectivity index (χ0n) is 17.5. The number of allylic oxidation sites excluding steroid dienone is 1. The maximum atomic E-state index is 13.3. The van der Waals surface area contributed by atoms with Crippen LogP contribution in [0, 0.1) is 0 Å². The van der Waals surface area contributed by atoms with Gasteiger partial charge in [-0.2, -0.15) is 4.98 Å². The third-order valence-electron chi connectivity index (χ3n) is 5.63. The standard InChI is InChI=1S/C24H18N4O4S/c1-14-20(23-26-22(27-32-23)19-8-5-11-33-19)21(15-6-3-2-4-7-15)25-24(29)28(14)16-9-10-17-18(12-16)31-13-30-17/h2-12,21H,13H2,1H3,(H,25,29). The molecule has 1 unspecified atom stereocenters. The van der Waals surface area contributed by atoms with Crippen LogP contribution in [-0.2, 0) is 0 Å². The van der Waals surface area contributed by atoms with Crippen LogP contribution in [0.25, 0.3) is 16.3 Å². The average molecular weight is 458 g/mol. The molecule has 0 saturated carbocycles. The molecule has 2 amide bonds. The van der Waals surface area contributed by atoms with Crippen LogP contribution in [0.5, 0.6) is 11.5 Å². The second-order valence-corrected chi connectivity index (χ2v) is 8.51. The molecule has 33 heavy (non-hydrogen) atoms. The minimum atomic E-state index is -0.444. The van der Waals surface area contributed by atoms with E-state index in [0.29, 0.717) is 34.6 Å². The number of amides is 2. The van der Waals surface area contributed by atoms with Gasteiger partial charge in [-0.15, -0.1) is 11.3 Å². The van der Waals surface area contributed by atoms with Gasteiger partial charge in [-0.3, -0.25) is 4.90 Å². The third-order valence-corrected chi connectivity index (χ3v) is 6.50. The van der Waals surface area contributed by atoms with Crippen molar-refractivity contribution in [2.24, 2.45) is 0 Å². The Balaban J connectivity index is 1.49. The zero-order chi connectivity index (χ0) is 22.4. The van der Waals surface area contributed by atoms with Gasteiger partial charge in [0.05, 0.1) is 22.2 Å². The molecule has 2 aromatic heterocycles. The number of rotatable bonds is 4. The Kier molecular flexibility index (Phi) is 4.62. The molecule has 9 heteroatoms. The normalized spacial score (nSPS) is 17.4. The Morgan fingerprint density at radius 1 is 1.06 bits per heavy atom. The van der Waals surface area contributed by atoms with Crippen molar-refractivity contribution in [2.45, 2.75) is 13.0 Å². The fourth-order valence-electron chi connectivity index (χ4n) is 4.09. The summed E-state index contributed by atoms with van der Waals surface area (Å²) in [5.41, 5.74) is 2.99. The number of carbonyl (C=O) groups is 1. The number of nitrogens with zero attached hydrogens (tertiary/aromatic N) is 3. The van der Waals surface area contributed by atoms with Crippen molar-refractivity contribution in [3.8, 4) is 22.2 Å². The molecule has 8 nitrogen and oxygen atoms in total. The summed E-state index contributed by atoms with van der Waals surface area (Å²) < 4.78 is 16.6. The van der Waals surface area contributed by atoms with Gasteiger partial charge < -0.3 is 19.3 Å². The number of thiophene rings is 1. The van der Waals surface area contributed by atoms with E-state index >= 15 is 0 Å². The number of fused-ring (bicyclic) bond motifs is 1. The third kappa shape index (κ3) is 3.33. The highest BCUT2D eigenvalue weighted by Gasteiger charge is 2.37. The molecular weight excluding hydrogens is 440 g/mol. The van der Waals surface area contributed by atoms with Gasteiger partial charge in [0, 0.05) is 11.8 Å². The molecule has 2 aliphatic heterocycles. The highest BCUT2D eigenvalue weighted by atomic mass is 32.1. The molecular formula is C24H18N4O4S. The fraction of sp³-hybridized carbons (Fsp3) is 0.125. The van der Waals surface area contributed by atoms with Crippen LogP contribution >= 0.6 is 11.3 Å². The van der Waals surface area contributed by atoms with Crippen molar-refractivity contribution in [2.75, 3.05) is 11.7 Å². The van der Waals surface area contributed by atoms with E-state index in [1.807, 2.05) is 60.8 Å². The highest BCUT2D eigenvalue weighted by molar-refractivity contribution is 7.13. The van der Waals surface area contributed by atoms with E-state index in [9.17, 15) is 4.79 Å². The highest BCUT2D eigenvalue weighted by Crippen LogP contribution is 2.42. The van der Waals surface area contributed by atoms with Crippen LogP contribution < -0.4 is 19.7 Å². The lowest BCUT2D eigenvalue weighted by atomic mass is 9.94. The number of hydrogen-bond acceptors (Lipinski definition) is 7. The van der Waals surface area contributed by atoms with Crippen molar-refractivity contribution in [1.29, 1.82) is 0 Å². The summed E-state index contributed by atoms with van der Waals surface area (Å²) in [6.07, 6.45) is 0. The van der Waals surface area contributed by atoms with Gasteiger partial charge in [0.1, 0.15) is 0 Å². The molecule has 4 aromatic rings. The number of benzene rings is 2. The topological polar surface area (TPSA) is 89.7 Å². The van der Waals surface area contributed by atoms with Gasteiger partial charge in [-0.1, -0.05) is 41.6 Å². The molecule has 164 valence electrons. The van der Waals surface area contributed by atoms with Gasteiger partial charge in [-0.05, 0) is 36.1 Å². The molecule has 4 heterocycles. The summed E-state index contributed by atoms with van der Waals surface area (Å²) in [5.74, 6) is 2.12. The predicted molar refractivity (Wildman–Crippen MR) is 123 cm³/mol. The molecule has 6 rings (SSSR count). The van der Waals surface area contributed by atoms with Gasteiger partial charge in [-0.25, -0.2) is 4.79 Å². The number of urea groups is 1. The number of ether oxygens (including phenoxy) is 2. The van der Waals surface area contributed by atoms with Crippen LogP contribution in [0.3, 0.4) is 0 Å². The SMILES string of the molecule is CC1=C(c2nc(-c3cccs3)no2)C(c2ccccc2)NC(=O)N1c1ccc2c(c1)OCO2. The summed E-state index contributed by atoms with van der Waals surface area (Å²) in [5, 5.41) is 9.25. The van der Waals surface area contributed by atoms with Crippen molar-refractivity contribution >= 4 is 28.6 Å². The molecule has 0 spiro atoms. The van der Waals surface area contributed by atoms with Crippen molar-refractivity contribution < 1.29 is 18.8 Å². The van der Waals surface area contributed by atoms with E-state index in [1.54, 1.807) is 17.0 Å². The van der Waals surface area contributed by atoms with E-state index in [2.05, 4.69) is 15.5 Å².